The maximum absolute atomic E-state index is 5.36. The number of nitrogens with two attached hydrogens (primary N) is 1. The Kier molecular flexibility index (Phi) is 3.32. The zero-order valence-electron chi connectivity index (χ0n) is 6.45. The van der Waals surface area contributed by atoms with Crippen LogP contribution in [-0.4, -0.2) is 16.0 Å². The second-order valence-electron chi connectivity index (χ2n) is 2.00. The molecule has 3 nitrogen and oxygen atoms in total. The van der Waals surface area contributed by atoms with Crippen molar-refractivity contribution in [2.45, 2.75) is 18.5 Å². The molecule has 0 unspecified atom stereocenters. The molecule has 0 spiro atoms. The molecule has 0 bridgehead atoms. The van der Waals surface area contributed by atoms with Gasteiger partial charge in [-0.15, -0.1) is 16.9 Å². The maximum Gasteiger partial charge on any atom is 0.119 e. The first-order valence-corrected chi connectivity index (χ1v) is 4.51. The first kappa shape index (κ1) is 8.49. The molecule has 0 amide bonds. The van der Waals surface area contributed by atoms with Crippen LogP contribution in [0.1, 0.15) is 12.6 Å². The summed E-state index contributed by atoms with van der Waals surface area (Å²) < 4.78 is 0. The van der Waals surface area contributed by atoms with E-state index < -0.39 is 0 Å². The van der Waals surface area contributed by atoms with Gasteiger partial charge >= 0.3 is 0 Å². The molecule has 1 aromatic heterocycles. The average molecular weight is 169 g/mol. The van der Waals surface area contributed by atoms with Crippen LogP contribution in [0.5, 0.6) is 0 Å². The van der Waals surface area contributed by atoms with Gasteiger partial charge in [-0.05, 0) is 17.9 Å². The first-order valence-electron chi connectivity index (χ1n) is 3.52. The van der Waals surface area contributed by atoms with Crippen LogP contribution >= 0.6 is 11.8 Å². The lowest BCUT2D eigenvalue weighted by atomic mass is 10.4. The van der Waals surface area contributed by atoms with E-state index in [-0.39, 0.29) is 0 Å². The van der Waals surface area contributed by atoms with Crippen LogP contribution < -0.4 is 5.73 Å². The van der Waals surface area contributed by atoms with Gasteiger partial charge in [-0.3, -0.25) is 0 Å². The third-order valence-electron chi connectivity index (χ3n) is 1.20. The Bertz CT molecular complexity index is 209. The lowest BCUT2D eigenvalue weighted by Gasteiger charge is -1.96. The smallest absolute Gasteiger partial charge is 0.119 e. The second kappa shape index (κ2) is 4.31. The van der Waals surface area contributed by atoms with Crippen LogP contribution in [0.4, 0.5) is 0 Å². The molecule has 0 saturated heterocycles. The normalized spacial score (nSPS) is 10.0. The van der Waals surface area contributed by atoms with Gasteiger partial charge in [-0.25, -0.2) is 0 Å². The van der Waals surface area contributed by atoms with Gasteiger partial charge in [0.1, 0.15) is 5.03 Å². The maximum atomic E-state index is 5.36. The molecule has 1 aromatic rings. The molecule has 2 N–H and O–H groups in total. The molecule has 0 aromatic carbocycles. The quantitative estimate of drug-likeness (QED) is 0.687. The number of nitrogens with zero attached hydrogens (tertiary/aromatic N) is 2. The summed E-state index contributed by atoms with van der Waals surface area (Å²) in [5, 5.41) is 8.85. The number of hydrogen-bond acceptors (Lipinski definition) is 4. The molecule has 0 aliphatic heterocycles. The zero-order valence-corrected chi connectivity index (χ0v) is 7.27. The van der Waals surface area contributed by atoms with Crippen LogP contribution in [0, 0.1) is 0 Å². The predicted octanol–water partition coefficient (Wildman–Crippen LogP) is 1.05. The monoisotopic (exact) mass is 169 g/mol. The summed E-state index contributed by atoms with van der Waals surface area (Å²) in [5.74, 6) is 1.02. The Morgan fingerprint density at radius 1 is 1.45 bits per heavy atom. The summed E-state index contributed by atoms with van der Waals surface area (Å²) in [6.07, 6.45) is 0. The number of thioether (sulfide) groups is 1. The van der Waals surface area contributed by atoms with E-state index in [1.807, 2.05) is 12.1 Å². The van der Waals surface area contributed by atoms with Crippen molar-refractivity contribution >= 4 is 11.8 Å². The standard InChI is InChI=1S/C7H11N3S/c1-2-11-7-4-3-6(5-8)9-10-7/h3-4H,2,5,8H2,1H3. The molecule has 0 fully saturated rings. The highest BCUT2D eigenvalue weighted by atomic mass is 32.2. The fourth-order valence-electron chi connectivity index (χ4n) is 0.681. The molecule has 60 valence electrons. The summed E-state index contributed by atoms with van der Waals surface area (Å²) in [7, 11) is 0. The third-order valence-corrected chi connectivity index (χ3v) is 2.00. The van der Waals surface area contributed by atoms with Gasteiger partial charge in [0.25, 0.3) is 0 Å². The van der Waals surface area contributed by atoms with Crippen molar-refractivity contribution in [3.63, 3.8) is 0 Å². The predicted molar refractivity (Wildman–Crippen MR) is 46.3 cm³/mol. The van der Waals surface area contributed by atoms with Gasteiger partial charge in [0, 0.05) is 6.54 Å². The van der Waals surface area contributed by atoms with Crippen LogP contribution in [0.3, 0.4) is 0 Å². The molecule has 0 aliphatic rings. The molecule has 4 heteroatoms. The SMILES string of the molecule is CCSc1ccc(CN)nn1. The molecule has 0 atom stereocenters. The minimum absolute atomic E-state index is 0.462. The van der Waals surface area contributed by atoms with E-state index >= 15 is 0 Å². The highest BCUT2D eigenvalue weighted by molar-refractivity contribution is 7.99. The Morgan fingerprint density at radius 3 is 2.73 bits per heavy atom. The molecule has 1 rings (SSSR count). The molecular weight excluding hydrogens is 158 g/mol. The highest BCUT2D eigenvalue weighted by Crippen LogP contribution is 2.12. The molecular formula is C7H11N3S. The largest absolute Gasteiger partial charge is 0.325 e. The third kappa shape index (κ3) is 2.48. The Balaban J connectivity index is 2.66. The molecule has 0 radical (unpaired) electrons. The minimum atomic E-state index is 0.462. The second-order valence-corrected chi connectivity index (χ2v) is 3.28. The summed E-state index contributed by atoms with van der Waals surface area (Å²) in [6.45, 7) is 2.55. The van der Waals surface area contributed by atoms with E-state index in [0.717, 1.165) is 16.5 Å². The van der Waals surface area contributed by atoms with Gasteiger partial charge in [-0.1, -0.05) is 6.92 Å². The number of rotatable bonds is 3. The van der Waals surface area contributed by atoms with Gasteiger partial charge in [0.2, 0.25) is 0 Å². The Hall–Kier alpha value is -0.610. The Labute approximate surface area is 70.4 Å². The minimum Gasteiger partial charge on any atom is -0.325 e. The van der Waals surface area contributed by atoms with Crippen molar-refractivity contribution < 1.29 is 0 Å². The fraction of sp³-hybridized carbons (Fsp3) is 0.429. The number of hydrogen-bond donors (Lipinski definition) is 1. The van der Waals surface area contributed by atoms with Crippen molar-refractivity contribution in [1.29, 1.82) is 0 Å². The summed E-state index contributed by atoms with van der Waals surface area (Å²) in [4.78, 5) is 0. The number of aromatic nitrogens is 2. The van der Waals surface area contributed by atoms with Crippen LogP contribution in [-0.2, 0) is 6.54 Å². The van der Waals surface area contributed by atoms with Crippen molar-refractivity contribution in [3.8, 4) is 0 Å². The van der Waals surface area contributed by atoms with Crippen LogP contribution in [0.25, 0.3) is 0 Å². The van der Waals surface area contributed by atoms with Gasteiger partial charge < -0.3 is 5.73 Å². The van der Waals surface area contributed by atoms with E-state index in [4.69, 9.17) is 5.73 Å². The van der Waals surface area contributed by atoms with Crippen molar-refractivity contribution in [2.75, 3.05) is 5.75 Å². The van der Waals surface area contributed by atoms with E-state index in [2.05, 4.69) is 17.1 Å². The summed E-state index contributed by atoms with van der Waals surface area (Å²) in [6, 6.07) is 3.86. The summed E-state index contributed by atoms with van der Waals surface area (Å²) >= 11 is 1.68. The van der Waals surface area contributed by atoms with Gasteiger partial charge in [0.15, 0.2) is 0 Å². The zero-order chi connectivity index (χ0) is 8.10. The highest BCUT2D eigenvalue weighted by Gasteiger charge is 1.94. The van der Waals surface area contributed by atoms with Crippen molar-refractivity contribution in [2.24, 2.45) is 5.73 Å². The Morgan fingerprint density at radius 2 is 2.27 bits per heavy atom. The first-order chi connectivity index (χ1) is 5.36. The lowest BCUT2D eigenvalue weighted by molar-refractivity contribution is 0.846. The van der Waals surface area contributed by atoms with Gasteiger partial charge in [0.05, 0.1) is 5.69 Å². The summed E-state index contributed by atoms with van der Waals surface area (Å²) in [5.41, 5.74) is 6.20. The van der Waals surface area contributed by atoms with E-state index in [0.29, 0.717) is 6.54 Å². The van der Waals surface area contributed by atoms with E-state index in [1.54, 1.807) is 11.8 Å². The fourth-order valence-corrected chi connectivity index (χ4v) is 1.24. The molecule has 11 heavy (non-hydrogen) atoms. The molecule has 0 aliphatic carbocycles. The lowest BCUT2D eigenvalue weighted by Crippen LogP contribution is -2.00. The average Bonchev–Trinajstić information content (AvgIpc) is 2.07. The molecule has 0 saturated carbocycles. The van der Waals surface area contributed by atoms with Crippen LogP contribution in [0.2, 0.25) is 0 Å². The van der Waals surface area contributed by atoms with E-state index in [9.17, 15) is 0 Å². The van der Waals surface area contributed by atoms with E-state index in [1.165, 1.54) is 0 Å². The van der Waals surface area contributed by atoms with Gasteiger partial charge in [-0.2, -0.15) is 5.10 Å². The van der Waals surface area contributed by atoms with Crippen molar-refractivity contribution in [1.82, 2.24) is 10.2 Å². The topological polar surface area (TPSA) is 51.8 Å². The molecule has 1 heterocycles. The van der Waals surface area contributed by atoms with Crippen LogP contribution in [0.15, 0.2) is 17.2 Å². The van der Waals surface area contributed by atoms with Crippen molar-refractivity contribution in [3.05, 3.63) is 17.8 Å².